The molecule has 0 unspecified atom stereocenters. The average molecular weight is 361 g/mol. The third-order valence-corrected chi connectivity index (χ3v) is 5.66. The van der Waals surface area contributed by atoms with Crippen molar-refractivity contribution in [1.82, 2.24) is 25.0 Å². The molecule has 0 bridgehead atoms. The lowest BCUT2D eigenvalue weighted by Crippen LogP contribution is -2.10. The van der Waals surface area contributed by atoms with Crippen molar-refractivity contribution < 1.29 is 0 Å². The third kappa shape index (κ3) is 4.79. The Bertz CT molecular complexity index is 769. The van der Waals surface area contributed by atoms with E-state index in [1.165, 1.54) is 49.7 Å². The van der Waals surface area contributed by atoms with E-state index in [1.807, 2.05) is 41.6 Å². The van der Waals surface area contributed by atoms with E-state index >= 15 is 0 Å². The molecular formula is C22H27N5. The van der Waals surface area contributed by atoms with Crippen LogP contribution in [0.15, 0.2) is 55.2 Å². The van der Waals surface area contributed by atoms with Gasteiger partial charge in [-0.15, -0.1) is 5.10 Å². The van der Waals surface area contributed by atoms with Crippen molar-refractivity contribution >= 4 is 0 Å². The molecule has 3 aromatic heterocycles. The number of aryl methyl sites for hydroxylation is 1. The van der Waals surface area contributed by atoms with Crippen LogP contribution in [0.3, 0.4) is 0 Å². The molecule has 3 aromatic rings. The van der Waals surface area contributed by atoms with Crippen LogP contribution in [0.2, 0.25) is 0 Å². The Balaban J connectivity index is 1.45. The maximum atomic E-state index is 4.44. The number of hydrogen-bond acceptors (Lipinski definition) is 4. The fraction of sp³-hybridized carbons (Fsp3) is 0.455. The summed E-state index contributed by atoms with van der Waals surface area (Å²) in [6.45, 7) is 0.974. The zero-order chi connectivity index (χ0) is 18.3. The highest BCUT2D eigenvalue weighted by molar-refractivity contribution is 5.30. The first-order chi connectivity index (χ1) is 13.4. The Morgan fingerprint density at radius 1 is 0.963 bits per heavy atom. The first kappa shape index (κ1) is 17.8. The first-order valence-corrected chi connectivity index (χ1v) is 10.1. The second kappa shape index (κ2) is 8.89. The van der Waals surface area contributed by atoms with Crippen LogP contribution in [0.4, 0.5) is 0 Å². The molecule has 0 saturated heterocycles. The average Bonchev–Trinajstić information content (AvgIpc) is 3.20. The molecule has 0 spiro atoms. The lowest BCUT2D eigenvalue weighted by Gasteiger charge is -2.21. The summed E-state index contributed by atoms with van der Waals surface area (Å²) in [5.74, 6) is 1.06. The fourth-order valence-corrected chi connectivity index (χ4v) is 4.13. The summed E-state index contributed by atoms with van der Waals surface area (Å²) in [7, 11) is 0. The smallest absolute Gasteiger partial charge is 0.0836 e. The maximum absolute atomic E-state index is 4.44. The second-order valence-electron chi connectivity index (χ2n) is 7.60. The van der Waals surface area contributed by atoms with Gasteiger partial charge in [0.15, 0.2) is 0 Å². The first-order valence-electron chi connectivity index (χ1n) is 10.1. The predicted molar refractivity (Wildman–Crippen MR) is 105 cm³/mol. The molecule has 0 aromatic carbocycles. The molecule has 0 amide bonds. The van der Waals surface area contributed by atoms with E-state index in [9.17, 15) is 0 Å². The van der Waals surface area contributed by atoms with Gasteiger partial charge >= 0.3 is 0 Å². The Morgan fingerprint density at radius 2 is 1.67 bits per heavy atom. The summed E-state index contributed by atoms with van der Waals surface area (Å²) in [5.41, 5.74) is 3.39. The van der Waals surface area contributed by atoms with Gasteiger partial charge in [-0.3, -0.25) is 14.6 Å². The van der Waals surface area contributed by atoms with Crippen LogP contribution in [0.5, 0.6) is 0 Å². The van der Waals surface area contributed by atoms with Gasteiger partial charge in [-0.1, -0.05) is 49.5 Å². The van der Waals surface area contributed by atoms with Gasteiger partial charge in [-0.2, -0.15) is 0 Å². The van der Waals surface area contributed by atoms with E-state index < -0.39 is 0 Å². The Kier molecular flexibility index (Phi) is 5.87. The second-order valence-corrected chi connectivity index (χ2v) is 7.60. The van der Waals surface area contributed by atoms with Crippen molar-refractivity contribution in [1.29, 1.82) is 0 Å². The summed E-state index contributed by atoms with van der Waals surface area (Å²) >= 11 is 0. The zero-order valence-corrected chi connectivity index (χ0v) is 15.7. The molecule has 1 aliphatic rings. The van der Waals surface area contributed by atoms with Crippen LogP contribution < -0.4 is 0 Å². The van der Waals surface area contributed by atoms with E-state index in [2.05, 4.69) is 38.6 Å². The van der Waals surface area contributed by atoms with E-state index in [-0.39, 0.29) is 5.92 Å². The van der Waals surface area contributed by atoms with Gasteiger partial charge in [0.2, 0.25) is 0 Å². The number of aromatic nitrogens is 5. The van der Waals surface area contributed by atoms with Crippen LogP contribution in [-0.4, -0.2) is 25.0 Å². The molecule has 0 aliphatic heterocycles. The van der Waals surface area contributed by atoms with Gasteiger partial charge in [-0.25, -0.2) is 0 Å². The summed E-state index contributed by atoms with van der Waals surface area (Å²) in [5, 5.41) is 8.82. The topological polar surface area (TPSA) is 56.5 Å². The predicted octanol–water partition coefficient (Wildman–Crippen LogP) is 4.41. The van der Waals surface area contributed by atoms with Crippen molar-refractivity contribution in [3.8, 4) is 0 Å². The van der Waals surface area contributed by atoms with Gasteiger partial charge in [0.25, 0.3) is 0 Å². The van der Waals surface area contributed by atoms with Gasteiger partial charge in [0.1, 0.15) is 0 Å². The molecule has 140 valence electrons. The molecule has 0 radical (unpaired) electrons. The van der Waals surface area contributed by atoms with Crippen LogP contribution in [0, 0.1) is 5.92 Å². The third-order valence-electron chi connectivity index (χ3n) is 5.66. The minimum absolute atomic E-state index is 0.191. The van der Waals surface area contributed by atoms with E-state index in [0.29, 0.717) is 0 Å². The number of nitrogens with zero attached hydrogens (tertiary/aromatic N) is 5. The van der Waals surface area contributed by atoms with Crippen molar-refractivity contribution in [2.24, 2.45) is 5.92 Å². The summed E-state index contributed by atoms with van der Waals surface area (Å²) in [6, 6.07) is 8.22. The largest absolute Gasteiger partial charge is 0.264 e. The quantitative estimate of drug-likeness (QED) is 0.625. The monoisotopic (exact) mass is 361 g/mol. The number of rotatable bonds is 7. The molecule has 1 aliphatic carbocycles. The maximum Gasteiger partial charge on any atom is 0.0836 e. The van der Waals surface area contributed by atoms with Crippen molar-refractivity contribution in [3.63, 3.8) is 0 Å². The van der Waals surface area contributed by atoms with E-state index in [4.69, 9.17) is 0 Å². The minimum atomic E-state index is 0.191. The summed E-state index contributed by atoms with van der Waals surface area (Å²) in [4.78, 5) is 8.59. The van der Waals surface area contributed by atoms with Crippen LogP contribution in [-0.2, 0) is 13.0 Å². The molecule has 4 rings (SSSR count). The highest BCUT2D eigenvalue weighted by Gasteiger charge is 2.18. The standard InChI is InChI=1S/C22H27N5/c1-2-6-18(7-3-1)10-13-27-17-21(25-26-27)14-22(19-8-4-11-23-15-19)20-9-5-12-24-16-20/h4-5,8-9,11-12,15-18,22H,1-3,6-7,10,13-14H2. The van der Waals surface area contributed by atoms with Gasteiger partial charge in [0.05, 0.1) is 5.69 Å². The van der Waals surface area contributed by atoms with Crippen LogP contribution >= 0.6 is 0 Å². The fourth-order valence-electron chi connectivity index (χ4n) is 4.13. The molecule has 1 saturated carbocycles. The normalized spacial score (nSPS) is 15.3. The molecule has 0 N–H and O–H groups in total. The van der Waals surface area contributed by atoms with Crippen molar-refractivity contribution in [3.05, 3.63) is 72.1 Å². The molecule has 5 heteroatoms. The van der Waals surface area contributed by atoms with Gasteiger partial charge in [-0.05, 0) is 35.6 Å². The SMILES string of the molecule is c1cncc(C(Cc2cn(CCC3CCCCC3)nn2)c2cccnc2)c1. The van der Waals surface area contributed by atoms with Crippen molar-refractivity contribution in [2.45, 2.75) is 57.4 Å². The molecule has 3 heterocycles. The lowest BCUT2D eigenvalue weighted by molar-refractivity contribution is 0.317. The van der Waals surface area contributed by atoms with Gasteiger partial charge < -0.3 is 0 Å². The van der Waals surface area contributed by atoms with E-state index in [0.717, 1.165) is 24.6 Å². The van der Waals surface area contributed by atoms with E-state index in [1.54, 1.807) is 0 Å². The molecule has 27 heavy (non-hydrogen) atoms. The van der Waals surface area contributed by atoms with Gasteiger partial charge in [0, 0.05) is 49.9 Å². The zero-order valence-electron chi connectivity index (χ0n) is 15.7. The Labute approximate surface area is 160 Å². The number of hydrogen-bond donors (Lipinski definition) is 0. The molecular weight excluding hydrogens is 334 g/mol. The summed E-state index contributed by atoms with van der Waals surface area (Å²) in [6.07, 6.45) is 18.6. The highest BCUT2D eigenvalue weighted by atomic mass is 15.4. The minimum Gasteiger partial charge on any atom is -0.264 e. The molecule has 5 nitrogen and oxygen atoms in total. The highest BCUT2D eigenvalue weighted by Crippen LogP contribution is 2.28. The lowest BCUT2D eigenvalue weighted by atomic mass is 9.87. The molecule has 0 atom stereocenters. The van der Waals surface area contributed by atoms with Crippen LogP contribution in [0.1, 0.15) is 61.3 Å². The Morgan fingerprint density at radius 3 is 2.30 bits per heavy atom. The summed E-state index contributed by atoms with van der Waals surface area (Å²) < 4.78 is 2.02. The van der Waals surface area contributed by atoms with Crippen LogP contribution in [0.25, 0.3) is 0 Å². The van der Waals surface area contributed by atoms with Crippen molar-refractivity contribution in [2.75, 3.05) is 0 Å². The number of pyridine rings is 2. The molecule has 1 fully saturated rings. The Hall–Kier alpha value is -2.56.